The molecule has 6 heteroatoms. The fourth-order valence-corrected chi connectivity index (χ4v) is 3.97. The zero-order valence-corrected chi connectivity index (χ0v) is 22.3. The molecule has 0 fully saturated rings. The minimum atomic E-state index is -0.584. The Kier molecular flexibility index (Phi) is 13.7. The number of benzene rings is 3. The van der Waals surface area contributed by atoms with Crippen molar-refractivity contribution in [1.82, 2.24) is 10.6 Å². The van der Waals surface area contributed by atoms with Crippen molar-refractivity contribution in [2.75, 3.05) is 13.1 Å². The van der Waals surface area contributed by atoms with Crippen LogP contribution in [0.2, 0.25) is 0 Å². The third-order valence-corrected chi connectivity index (χ3v) is 6.29. The molecule has 4 unspecified atom stereocenters. The standard InChI is InChI=1S/C19H25NO2.C12H19NO2/c1-14(8-9-16-6-4-3-5-7-16)20-15(2)19(22)17-10-12-18(21)13-11-17;1-2-3-8-13-9-12(15)10-4-6-11(14)7-5-10/h3-7,10-15,19-22H,8-9H2,1-2H3;4-7,12-15H,2-3,8-9H2,1H3. The molecule has 0 saturated carbocycles. The van der Waals surface area contributed by atoms with E-state index in [4.69, 9.17) is 5.11 Å². The highest BCUT2D eigenvalue weighted by Gasteiger charge is 2.18. The van der Waals surface area contributed by atoms with Crippen LogP contribution in [0, 0.1) is 0 Å². The third kappa shape index (κ3) is 11.8. The van der Waals surface area contributed by atoms with Gasteiger partial charge >= 0.3 is 0 Å². The predicted octanol–water partition coefficient (Wildman–Crippen LogP) is 5.24. The van der Waals surface area contributed by atoms with E-state index in [1.54, 1.807) is 48.5 Å². The first-order valence-electron chi connectivity index (χ1n) is 13.2. The molecule has 0 aromatic heterocycles. The monoisotopic (exact) mass is 508 g/mol. The average molecular weight is 509 g/mol. The van der Waals surface area contributed by atoms with Gasteiger partial charge in [-0.05, 0) is 80.6 Å². The normalized spacial score (nSPS) is 14.2. The van der Waals surface area contributed by atoms with Crippen LogP contribution in [-0.4, -0.2) is 45.6 Å². The molecule has 3 rings (SSSR count). The zero-order chi connectivity index (χ0) is 27.0. The number of aliphatic hydroxyl groups is 2. The number of phenols is 2. The SMILES string of the molecule is CC(CCc1ccccc1)NC(C)C(O)c1ccc(O)cc1.CCCCNCC(O)c1ccc(O)cc1. The summed E-state index contributed by atoms with van der Waals surface area (Å²) in [4.78, 5) is 0. The Balaban J connectivity index is 0.000000281. The fraction of sp³-hybridized carbons (Fsp3) is 0.419. The van der Waals surface area contributed by atoms with Crippen LogP contribution >= 0.6 is 0 Å². The summed E-state index contributed by atoms with van der Waals surface area (Å²) in [6.45, 7) is 7.76. The second-order valence-electron chi connectivity index (χ2n) is 9.58. The molecule has 0 bridgehead atoms. The van der Waals surface area contributed by atoms with Crippen LogP contribution in [0.4, 0.5) is 0 Å². The topological polar surface area (TPSA) is 105 Å². The largest absolute Gasteiger partial charge is 0.508 e. The lowest BCUT2D eigenvalue weighted by Gasteiger charge is -2.25. The van der Waals surface area contributed by atoms with Crippen LogP contribution in [0.25, 0.3) is 0 Å². The van der Waals surface area contributed by atoms with Crippen LogP contribution in [-0.2, 0) is 6.42 Å². The van der Waals surface area contributed by atoms with E-state index >= 15 is 0 Å². The highest BCUT2D eigenvalue weighted by molar-refractivity contribution is 5.28. The van der Waals surface area contributed by atoms with Gasteiger partial charge in [0.25, 0.3) is 0 Å². The number of phenolic OH excluding ortho intramolecular Hbond substituents is 2. The molecule has 0 aliphatic rings. The van der Waals surface area contributed by atoms with Gasteiger partial charge in [0.15, 0.2) is 0 Å². The van der Waals surface area contributed by atoms with Crippen LogP contribution in [0.3, 0.4) is 0 Å². The van der Waals surface area contributed by atoms with Crippen molar-refractivity contribution < 1.29 is 20.4 Å². The molecule has 0 spiro atoms. The number of hydrogen-bond acceptors (Lipinski definition) is 6. The van der Waals surface area contributed by atoms with Crippen LogP contribution < -0.4 is 10.6 Å². The Hall–Kier alpha value is -2.90. The van der Waals surface area contributed by atoms with E-state index < -0.39 is 12.2 Å². The summed E-state index contributed by atoms with van der Waals surface area (Å²) in [6, 6.07) is 24.1. The predicted molar refractivity (Wildman–Crippen MR) is 151 cm³/mol. The van der Waals surface area contributed by atoms with Crippen molar-refractivity contribution in [3.63, 3.8) is 0 Å². The molecular formula is C31H44N2O4. The average Bonchev–Trinajstić information content (AvgIpc) is 2.91. The zero-order valence-electron chi connectivity index (χ0n) is 22.3. The molecule has 3 aromatic carbocycles. The summed E-state index contributed by atoms with van der Waals surface area (Å²) in [5.74, 6) is 0.442. The Bertz CT molecular complexity index is 980. The molecule has 6 N–H and O–H groups in total. The highest BCUT2D eigenvalue weighted by atomic mass is 16.3. The molecule has 4 atom stereocenters. The van der Waals surface area contributed by atoms with Gasteiger partial charge in [0.2, 0.25) is 0 Å². The van der Waals surface area contributed by atoms with Gasteiger partial charge in [-0.2, -0.15) is 0 Å². The maximum atomic E-state index is 10.4. The quantitative estimate of drug-likeness (QED) is 0.176. The third-order valence-electron chi connectivity index (χ3n) is 6.29. The Labute approximate surface area is 222 Å². The molecule has 0 amide bonds. The van der Waals surface area contributed by atoms with Gasteiger partial charge in [0.1, 0.15) is 11.5 Å². The summed E-state index contributed by atoms with van der Waals surface area (Å²) in [5.41, 5.74) is 2.98. The van der Waals surface area contributed by atoms with Crippen molar-refractivity contribution in [2.45, 2.75) is 70.7 Å². The van der Waals surface area contributed by atoms with Gasteiger partial charge in [-0.15, -0.1) is 0 Å². The lowest BCUT2D eigenvalue weighted by atomic mass is 10.0. The Morgan fingerprint density at radius 1 is 0.757 bits per heavy atom. The van der Waals surface area contributed by atoms with Gasteiger partial charge < -0.3 is 31.1 Å². The maximum absolute atomic E-state index is 10.4. The molecule has 0 saturated heterocycles. The Morgan fingerprint density at radius 2 is 1.32 bits per heavy atom. The number of aromatic hydroxyl groups is 2. The second-order valence-corrected chi connectivity index (χ2v) is 9.58. The first-order chi connectivity index (χ1) is 17.8. The van der Waals surface area contributed by atoms with E-state index in [9.17, 15) is 15.3 Å². The Morgan fingerprint density at radius 3 is 1.89 bits per heavy atom. The van der Waals surface area contributed by atoms with E-state index in [2.05, 4.69) is 48.7 Å². The number of aryl methyl sites for hydroxylation is 1. The number of aliphatic hydroxyl groups excluding tert-OH is 2. The maximum Gasteiger partial charge on any atom is 0.115 e. The molecule has 0 heterocycles. The molecular weight excluding hydrogens is 464 g/mol. The smallest absolute Gasteiger partial charge is 0.115 e. The van der Waals surface area contributed by atoms with E-state index in [-0.39, 0.29) is 17.5 Å². The molecule has 202 valence electrons. The van der Waals surface area contributed by atoms with Gasteiger partial charge in [-0.3, -0.25) is 0 Å². The minimum absolute atomic E-state index is 0.0460. The number of hydrogen-bond donors (Lipinski definition) is 6. The van der Waals surface area contributed by atoms with Crippen molar-refractivity contribution in [1.29, 1.82) is 0 Å². The van der Waals surface area contributed by atoms with Gasteiger partial charge in [0.05, 0.1) is 12.2 Å². The fourth-order valence-electron chi connectivity index (χ4n) is 3.97. The highest BCUT2D eigenvalue weighted by Crippen LogP contribution is 2.20. The number of nitrogens with one attached hydrogen (secondary N) is 2. The first-order valence-corrected chi connectivity index (χ1v) is 13.2. The molecule has 6 nitrogen and oxygen atoms in total. The summed E-state index contributed by atoms with van der Waals surface area (Å²) in [5, 5.41) is 45.2. The van der Waals surface area contributed by atoms with E-state index in [1.807, 2.05) is 13.0 Å². The molecule has 0 aliphatic carbocycles. The van der Waals surface area contributed by atoms with E-state index in [0.29, 0.717) is 12.6 Å². The minimum Gasteiger partial charge on any atom is -0.508 e. The van der Waals surface area contributed by atoms with Crippen molar-refractivity contribution in [2.24, 2.45) is 0 Å². The van der Waals surface area contributed by atoms with Crippen molar-refractivity contribution in [3.8, 4) is 11.5 Å². The summed E-state index contributed by atoms with van der Waals surface area (Å²) in [7, 11) is 0. The van der Waals surface area contributed by atoms with Crippen LogP contribution in [0.5, 0.6) is 11.5 Å². The summed E-state index contributed by atoms with van der Waals surface area (Å²) < 4.78 is 0. The van der Waals surface area contributed by atoms with Crippen molar-refractivity contribution >= 4 is 0 Å². The van der Waals surface area contributed by atoms with Crippen LogP contribution in [0.15, 0.2) is 78.9 Å². The first kappa shape index (κ1) is 30.3. The summed E-state index contributed by atoms with van der Waals surface area (Å²) in [6.07, 6.45) is 3.25. The van der Waals surface area contributed by atoms with Crippen molar-refractivity contribution in [3.05, 3.63) is 95.6 Å². The number of unbranched alkanes of at least 4 members (excludes halogenated alkanes) is 1. The lowest BCUT2D eigenvalue weighted by molar-refractivity contribution is 0.129. The summed E-state index contributed by atoms with van der Waals surface area (Å²) >= 11 is 0. The molecule has 0 aliphatic heterocycles. The van der Waals surface area contributed by atoms with Gasteiger partial charge in [0, 0.05) is 18.6 Å². The van der Waals surface area contributed by atoms with E-state index in [0.717, 1.165) is 43.4 Å². The molecule has 37 heavy (non-hydrogen) atoms. The molecule has 3 aromatic rings. The molecule has 0 radical (unpaired) electrons. The second kappa shape index (κ2) is 16.8. The lowest BCUT2D eigenvalue weighted by Crippen LogP contribution is -2.38. The van der Waals surface area contributed by atoms with Gasteiger partial charge in [-0.1, -0.05) is 67.9 Å². The number of rotatable bonds is 13. The van der Waals surface area contributed by atoms with Crippen LogP contribution in [0.1, 0.15) is 68.9 Å². The van der Waals surface area contributed by atoms with Gasteiger partial charge in [-0.25, -0.2) is 0 Å². The van der Waals surface area contributed by atoms with E-state index in [1.165, 1.54) is 5.56 Å².